The lowest BCUT2D eigenvalue weighted by atomic mass is 10.0. The van der Waals surface area contributed by atoms with Crippen molar-refractivity contribution in [2.75, 3.05) is 7.11 Å². The molecule has 3 heterocycles. The van der Waals surface area contributed by atoms with Crippen LogP contribution in [0.1, 0.15) is 16.2 Å². The van der Waals surface area contributed by atoms with Crippen LogP contribution >= 0.6 is 34.8 Å². The number of aromatic amines is 1. The molecule has 0 aliphatic carbocycles. The number of methoxy groups -OCH3 is 1. The summed E-state index contributed by atoms with van der Waals surface area (Å²) in [4.78, 5) is 23.7. The number of ether oxygens (including phenoxy) is 1. The quantitative estimate of drug-likeness (QED) is 0.327. The summed E-state index contributed by atoms with van der Waals surface area (Å²) < 4.78 is 4.80. The van der Waals surface area contributed by atoms with Crippen LogP contribution in [0.4, 0.5) is 0 Å². The zero-order chi connectivity index (χ0) is 19.3. The Labute approximate surface area is 169 Å². The second-order valence-corrected chi connectivity index (χ2v) is 7.16. The Balaban J connectivity index is 2.09. The van der Waals surface area contributed by atoms with Gasteiger partial charge in [-0.2, -0.15) is 0 Å². The van der Waals surface area contributed by atoms with Crippen molar-refractivity contribution in [2.24, 2.45) is 0 Å². The van der Waals surface area contributed by atoms with Crippen LogP contribution in [0.3, 0.4) is 0 Å². The Kier molecular flexibility index (Phi) is 4.46. The van der Waals surface area contributed by atoms with E-state index in [0.717, 1.165) is 27.4 Å². The zero-order valence-electron chi connectivity index (χ0n) is 14.2. The fourth-order valence-electron chi connectivity index (χ4n) is 3.16. The highest BCUT2D eigenvalue weighted by molar-refractivity contribution is 6.36. The fourth-order valence-corrected chi connectivity index (χ4v) is 3.82. The first-order chi connectivity index (χ1) is 12.9. The Hall–Kier alpha value is -2.34. The number of benzene rings is 1. The molecule has 0 bridgehead atoms. The maximum absolute atomic E-state index is 11.9. The molecular weight excluding hydrogens is 409 g/mol. The van der Waals surface area contributed by atoms with Crippen LogP contribution in [0.5, 0.6) is 0 Å². The van der Waals surface area contributed by atoms with Gasteiger partial charge in [0.2, 0.25) is 0 Å². The molecule has 0 amide bonds. The normalized spacial score (nSPS) is 11.3. The molecule has 1 N–H and O–H groups in total. The summed E-state index contributed by atoms with van der Waals surface area (Å²) in [6.07, 6.45) is 0. The number of hydrogen-bond acceptors (Lipinski definition) is 4. The predicted molar refractivity (Wildman–Crippen MR) is 108 cm³/mol. The lowest BCUT2D eigenvalue weighted by Gasteiger charge is -2.07. The first kappa shape index (κ1) is 18.0. The van der Waals surface area contributed by atoms with E-state index in [-0.39, 0.29) is 10.8 Å². The molecule has 0 spiro atoms. The van der Waals surface area contributed by atoms with Crippen LogP contribution in [-0.2, 0) is 4.74 Å². The molecule has 3 aromatic heterocycles. The van der Waals surface area contributed by atoms with Crippen molar-refractivity contribution in [1.29, 1.82) is 0 Å². The molecule has 27 heavy (non-hydrogen) atoms. The third-order valence-corrected chi connectivity index (χ3v) is 5.06. The van der Waals surface area contributed by atoms with E-state index in [4.69, 9.17) is 39.5 Å². The summed E-state index contributed by atoms with van der Waals surface area (Å²) in [5, 5.41) is 2.77. The first-order valence-electron chi connectivity index (χ1n) is 7.92. The molecule has 0 saturated carbocycles. The van der Waals surface area contributed by atoms with Gasteiger partial charge < -0.3 is 9.72 Å². The molecular formula is C19H12Cl3N3O2. The van der Waals surface area contributed by atoms with Crippen molar-refractivity contribution in [1.82, 2.24) is 15.0 Å². The molecule has 4 aromatic rings. The molecule has 0 fully saturated rings. The number of fused-ring (bicyclic) bond motifs is 3. The van der Waals surface area contributed by atoms with Crippen LogP contribution in [0.2, 0.25) is 15.3 Å². The van der Waals surface area contributed by atoms with Gasteiger partial charge in [-0.15, -0.1) is 0 Å². The highest BCUT2D eigenvalue weighted by Gasteiger charge is 2.18. The van der Waals surface area contributed by atoms with Crippen molar-refractivity contribution >= 4 is 62.6 Å². The molecule has 5 nitrogen and oxygen atoms in total. The molecule has 0 aliphatic heterocycles. The van der Waals surface area contributed by atoms with Gasteiger partial charge in [-0.3, -0.25) is 0 Å². The third-order valence-electron chi connectivity index (χ3n) is 4.34. The number of rotatable bonds is 2. The molecule has 136 valence electrons. The molecule has 0 saturated heterocycles. The van der Waals surface area contributed by atoms with Gasteiger partial charge in [0, 0.05) is 26.9 Å². The first-order valence-corrected chi connectivity index (χ1v) is 9.05. The zero-order valence-corrected chi connectivity index (χ0v) is 16.5. The second kappa shape index (κ2) is 6.68. The maximum Gasteiger partial charge on any atom is 0.356 e. The Morgan fingerprint density at radius 3 is 2.44 bits per heavy atom. The third kappa shape index (κ3) is 3.02. The SMILES string of the molecule is COC(=O)c1cc2c([nH]c3c(-c4ccc(Cl)nc4Cl)cc(Cl)cc32)c(C)n1. The molecule has 0 atom stereocenters. The fraction of sp³-hybridized carbons (Fsp3) is 0.105. The molecule has 0 aliphatic rings. The van der Waals surface area contributed by atoms with E-state index in [1.807, 2.05) is 13.0 Å². The molecule has 0 radical (unpaired) electrons. The Morgan fingerprint density at radius 2 is 1.74 bits per heavy atom. The van der Waals surface area contributed by atoms with Crippen molar-refractivity contribution in [3.05, 3.63) is 57.0 Å². The van der Waals surface area contributed by atoms with Crippen LogP contribution in [0.25, 0.3) is 32.9 Å². The molecule has 8 heteroatoms. The minimum atomic E-state index is -0.499. The number of carbonyl (C=O) groups is 1. The Morgan fingerprint density at radius 1 is 1.00 bits per heavy atom. The number of aromatic nitrogens is 3. The smallest absolute Gasteiger partial charge is 0.356 e. The molecule has 4 rings (SSSR count). The highest BCUT2D eigenvalue weighted by Crippen LogP contribution is 2.39. The average molecular weight is 421 g/mol. The minimum Gasteiger partial charge on any atom is -0.464 e. The standard InChI is InChI=1S/C19H12Cl3N3O2/c1-8-16-13(7-14(23-8)19(26)27-2)12-6-9(20)5-11(17(12)25-16)10-3-4-15(21)24-18(10)22/h3-7,25H,1-2H3. The second-order valence-electron chi connectivity index (χ2n) is 5.98. The van der Waals surface area contributed by atoms with Crippen LogP contribution < -0.4 is 0 Å². The van der Waals surface area contributed by atoms with Crippen molar-refractivity contribution in [3.63, 3.8) is 0 Å². The number of carbonyl (C=O) groups excluding carboxylic acids is 1. The van der Waals surface area contributed by atoms with Gasteiger partial charge in [0.15, 0.2) is 0 Å². The summed E-state index contributed by atoms with van der Waals surface area (Å²) in [5.74, 6) is -0.499. The van der Waals surface area contributed by atoms with Gasteiger partial charge in [0.1, 0.15) is 16.0 Å². The van der Waals surface area contributed by atoms with Crippen molar-refractivity contribution in [3.8, 4) is 11.1 Å². The highest BCUT2D eigenvalue weighted by atomic mass is 35.5. The number of nitrogens with zero attached hydrogens (tertiary/aromatic N) is 2. The lowest BCUT2D eigenvalue weighted by Crippen LogP contribution is -2.05. The van der Waals surface area contributed by atoms with Crippen molar-refractivity contribution < 1.29 is 9.53 Å². The van der Waals surface area contributed by atoms with Gasteiger partial charge in [0.05, 0.1) is 23.8 Å². The molecule has 1 aromatic carbocycles. The van der Waals surface area contributed by atoms with Gasteiger partial charge >= 0.3 is 5.97 Å². The number of pyridine rings is 2. The van der Waals surface area contributed by atoms with E-state index in [1.54, 1.807) is 24.3 Å². The van der Waals surface area contributed by atoms with E-state index in [0.29, 0.717) is 21.4 Å². The topological polar surface area (TPSA) is 67.9 Å². The maximum atomic E-state index is 11.9. The van der Waals surface area contributed by atoms with Gasteiger partial charge in [0.25, 0.3) is 0 Å². The Bertz CT molecular complexity index is 1230. The van der Waals surface area contributed by atoms with Crippen LogP contribution in [0, 0.1) is 6.92 Å². The molecule has 0 unspecified atom stereocenters. The summed E-state index contributed by atoms with van der Waals surface area (Å²) >= 11 is 18.6. The van der Waals surface area contributed by atoms with Crippen molar-refractivity contribution in [2.45, 2.75) is 6.92 Å². The van der Waals surface area contributed by atoms with E-state index < -0.39 is 5.97 Å². The average Bonchev–Trinajstić information content (AvgIpc) is 3.00. The summed E-state index contributed by atoms with van der Waals surface area (Å²) in [5.41, 5.74) is 4.00. The summed E-state index contributed by atoms with van der Waals surface area (Å²) in [6.45, 7) is 1.82. The summed E-state index contributed by atoms with van der Waals surface area (Å²) in [6, 6.07) is 8.78. The van der Waals surface area contributed by atoms with Crippen LogP contribution in [-0.4, -0.2) is 28.0 Å². The summed E-state index contributed by atoms with van der Waals surface area (Å²) in [7, 11) is 1.32. The number of halogens is 3. The van der Waals surface area contributed by atoms with Gasteiger partial charge in [-0.25, -0.2) is 14.8 Å². The van der Waals surface area contributed by atoms with E-state index >= 15 is 0 Å². The van der Waals surface area contributed by atoms with E-state index in [2.05, 4.69) is 15.0 Å². The largest absolute Gasteiger partial charge is 0.464 e. The number of H-pyrrole nitrogens is 1. The van der Waals surface area contributed by atoms with E-state index in [1.165, 1.54) is 7.11 Å². The lowest BCUT2D eigenvalue weighted by molar-refractivity contribution is 0.0594. The monoisotopic (exact) mass is 419 g/mol. The van der Waals surface area contributed by atoms with Crippen LogP contribution in [0.15, 0.2) is 30.3 Å². The number of hydrogen-bond donors (Lipinski definition) is 1. The van der Waals surface area contributed by atoms with Gasteiger partial charge in [-0.05, 0) is 37.3 Å². The number of esters is 1. The number of nitrogens with one attached hydrogen (secondary N) is 1. The number of aryl methyl sites for hydroxylation is 1. The van der Waals surface area contributed by atoms with E-state index in [9.17, 15) is 4.79 Å². The predicted octanol–water partition coefficient (Wildman–Crippen LogP) is 5.83. The van der Waals surface area contributed by atoms with Gasteiger partial charge in [-0.1, -0.05) is 34.8 Å². The minimum absolute atomic E-state index is 0.233.